The Balaban J connectivity index is 1.47. The third kappa shape index (κ3) is 4.72. The van der Waals surface area contributed by atoms with Crippen molar-refractivity contribution in [3.05, 3.63) is 30.1 Å². The number of aromatic nitrogens is 1. The Morgan fingerprint density at radius 2 is 1.73 bits per heavy atom. The van der Waals surface area contributed by atoms with E-state index in [-0.39, 0.29) is 5.54 Å². The molecule has 2 aliphatic heterocycles. The molecule has 166 valence electrons. The molecule has 1 saturated carbocycles. The molecule has 3 fully saturated rings. The summed E-state index contributed by atoms with van der Waals surface area (Å²) in [7, 11) is 0. The van der Waals surface area contributed by atoms with Gasteiger partial charge in [-0.2, -0.15) is 0 Å². The molecule has 0 aromatic carbocycles. The van der Waals surface area contributed by atoms with Crippen molar-refractivity contribution in [1.82, 2.24) is 19.7 Å². The number of likely N-dealkylation sites (tertiary alicyclic amines) is 2. The first-order valence-electron chi connectivity index (χ1n) is 12.4. The standard InChI is InChI=1S/C25H40N4O/c1-2-27(20-22-11-15-26-16-12-22)23-10-9-17-28(21-23)24(30)25(13-5-3-6-14-25)29-18-7-4-8-19-29/h11-12,15-16,23H,2-10,13-14,17-21H2,1H3. The predicted octanol–water partition coefficient (Wildman–Crippen LogP) is 4.08. The van der Waals surface area contributed by atoms with E-state index in [0.29, 0.717) is 11.9 Å². The van der Waals surface area contributed by atoms with Gasteiger partial charge in [0.2, 0.25) is 5.91 Å². The van der Waals surface area contributed by atoms with Crippen LogP contribution in [0.3, 0.4) is 0 Å². The monoisotopic (exact) mass is 412 g/mol. The van der Waals surface area contributed by atoms with Crippen LogP contribution >= 0.6 is 0 Å². The van der Waals surface area contributed by atoms with Crippen LogP contribution in [0.4, 0.5) is 0 Å². The van der Waals surface area contributed by atoms with Crippen molar-refractivity contribution in [3.8, 4) is 0 Å². The van der Waals surface area contributed by atoms with Crippen molar-refractivity contribution < 1.29 is 4.79 Å². The quantitative estimate of drug-likeness (QED) is 0.706. The van der Waals surface area contributed by atoms with Crippen LogP contribution in [-0.4, -0.2) is 69.9 Å². The highest BCUT2D eigenvalue weighted by atomic mass is 16.2. The van der Waals surface area contributed by atoms with Gasteiger partial charge in [0.1, 0.15) is 5.54 Å². The van der Waals surface area contributed by atoms with Gasteiger partial charge in [-0.1, -0.05) is 32.6 Å². The fourth-order valence-electron chi connectivity index (χ4n) is 6.08. The van der Waals surface area contributed by atoms with Crippen LogP contribution in [0.1, 0.15) is 76.7 Å². The third-order valence-electron chi connectivity index (χ3n) is 7.78. The van der Waals surface area contributed by atoms with Gasteiger partial charge in [-0.25, -0.2) is 0 Å². The number of carbonyl (C=O) groups excluding carboxylic acids is 1. The molecule has 1 aromatic rings. The molecule has 2 saturated heterocycles. The highest BCUT2D eigenvalue weighted by Gasteiger charge is 2.47. The molecule has 30 heavy (non-hydrogen) atoms. The molecular weight excluding hydrogens is 372 g/mol. The molecule has 1 aliphatic carbocycles. The normalized spacial score (nSPS) is 25.4. The Labute approximate surface area is 182 Å². The molecule has 1 unspecified atom stereocenters. The Bertz CT molecular complexity index is 667. The number of piperidine rings is 2. The van der Waals surface area contributed by atoms with Gasteiger partial charge in [0.15, 0.2) is 0 Å². The molecule has 3 aliphatic rings. The summed E-state index contributed by atoms with van der Waals surface area (Å²) in [6.45, 7) is 8.29. The van der Waals surface area contributed by atoms with Gasteiger partial charge in [-0.05, 0) is 75.9 Å². The molecule has 0 bridgehead atoms. The largest absolute Gasteiger partial charge is 0.340 e. The van der Waals surface area contributed by atoms with Gasteiger partial charge in [-0.3, -0.25) is 19.6 Å². The van der Waals surface area contributed by atoms with Crippen molar-refractivity contribution in [2.75, 3.05) is 32.7 Å². The summed E-state index contributed by atoms with van der Waals surface area (Å²) in [6, 6.07) is 4.69. The minimum absolute atomic E-state index is 0.206. The zero-order valence-electron chi connectivity index (χ0n) is 18.9. The van der Waals surface area contributed by atoms with Gasteiger partial charge < -0.3 is 4.90 Å². The summed E-state index contributed by atoms with van der Waals surface area (Å²) in [5.74, 6) is 0.453. The average molecular weight is 413 g/mol. The maximum absolute atomic E-state index is 14.0. The molecule has 5 heteroatoms. The van der Waals surface area contributed by atoms with Gasteiger partial charge in [-0.15, -0.1) is 0 Å². The first-order chi connectivity index (χ1) is 14.7. The van der Waals surface area contributed by atoms with Crippen LogP contribution < -0.4 is 0 Å². The number of amides is 1. The number of pyridine rings is 1. The average Bonchev–Trinajstić information content (AvgIpc) is 2.84. The smallest absolute Gasteiger partial charge is 0.243 e. The van der Waals surface area contributed by atoms with Crippen LogP contribution in [0.5, 0.6) is 0 Å². The van der Waals surface area contributed by atoms with E-state index >= 15 is 0 Å². The van der Waals surface area contributed by atoms with E-state index in [9.17, 15) is 4.79 Å². The maximum atomic E-state index is 14.0. The topological polar surface area (TPSA) is 39.7 Å². The number of rotatable bonds is 6. The van der Waals surface area contributed by atoms with E-state index in [2.05, 4.69) is 38.7 Å². The van der Waals surface area contributed by atoms with Crippen molar-refractivity contribution >= 4 is 5.91 Å². The summed E-state index contributed by atoms with van der Waals surface area (Å²) in [5.41, 5.74) is 1.11. The summed E-state index contributed by atoms with van der Waals surface area (Å²) in [4.78, 5) is 25.6. The Hall–Kier alpha value is -1.46. The molecule has 1 aromatic heterocycles. The fraction of sp³-hybridized carbons (Fsp3) is 0.760. The van der Waals surface area contributed by atoms with E-state index in [1.165, 1.54) is 50.5 Å². The van der Waals surface area contributed by atoms with Gasteiger partial charge in [0, 0.05) is 38.1 Å². The number of hydrogen-bond donors (Lipinski definition) is 0. The number of likely N-dealkylation sites (N-methyl/N-ethyl adjacent to an activating group) is 1. The maximum Gasteiger partial charge on any atom is 0.243 e. The molecule has 0 N–H and O–H groups in total. The van der Waals surface area contributed by atoms with E-state index in [0.717, 1.165) is 58.5 Å². The molecule has 5 nitrogen and oxygen atoms in total. The van der Waals surface area contributed by atoms with Crippen molar-refractivity contribution in [3.63, 3.8) is 0 Å². The zero-order valence-corrected chi connectivity index (χ0v) is 18.9. The lowest BCUT2D eigenvalue weighted by Gasteiger charge is -2.50. The van der Waals surface area contributed by atoms with E-state index in [1.54, 1.807) is 0 Å². The molecular formula is C25H40N4O. The van der Waals surface area contributed by atoms with E-state index < -0.39 is 0 Å². The van der Waals surface area contributed by atoms with Crippen LogP contribution in [0.15, 0.2) is 24.5 Å². The number of hydrogen-bond acceptors (Lipinski definition) is 4. The molecule has 4 rings (SSSR count). The Morgan fingerprint density at radius 3 is 2.43 bits per heavy atom. The number of nitrogens with zero attached hydrogens (tertiary/aromatic N) is 4. The number of carbonyl (C=O) groups is 1. The molecule has 1 atom stereocenters. The fourth-order valence-corrected chi connectivity index (χ4v) is 6.08. The SMILES string of the molecule is CCN(Cc1ccncc1)C1CCCN(C(=O)C2(N3CCCCC3)CCCCC2)C1. The summed E-state index contributed by atoms with van der Waals surface area (Å²) >= 11 is 0. The molecule has 1 amide bonds. The summed E-state index contributed by atoms with van der Waals surface area (Å²) in [5, 5.41) is 0. The van der Waals surface area contributed by atoms with Crippen molar-refractivity contribution in [2.45, 2.75) is 89.3 Å². The Morgan fingerprint density at radius 1 is 1.03 bits per heavy atom. The lowest BCUT2D eigenvalue weighted by molar-refractivity contribution is -0.150. The van der Waals surface area contributed by atoms with Gasteiger partial charge in [0.05, 0.1) is 0 Å². The Kier molecular flexibility index (Phi) is 7.42. The molecule has 3 heterocycles. The van der Waals surface area contributed by atoms with Crippen LogP contribution in [-0.2, 0) is 11.3 Å². The second-order valence-electron chi connectivity index (χ2n) is 9.61. The second kappa shape index (κ2) is 10.2. The minimum Gasteiger partial charge on any atom is -0.340 e. The predicted molar refractivity (Wildman–Crippen MR) is 121 cm³/mol. The summed E-state index contributed by atoms with van der Waals surface area (Å²) in [6.07, 6.45) is 15.8. The van der Waals surface area contributed by atoms with Crippen molar-refractivity contribution in [1.29, 1.82) is 0 Å². The van der Waals surface area contributed by atoms with E-state index in [4.69, 9.17) is 0 Å². The minimum atomic E-state index is -0.206. The second-order valence-corrected chi connectivity index (χ2v) is 9.61. The van der Waals surface area contributed by atoms with Crippen LogP contribution in [0, 0.1) is 0 Å². The highest BCUT2D eigenvalue weighted by Crippen LogP contribution is 2.38. The van der Waals surface area contributed by atoms with Crippen LogP contribution in [0.2, 0.25) is 0 Å². The summed E-state index contributed by atoms with van der Waals surface area (Å²) < 4.78 is 0. The van der Waals surface area contributed by atoms with Crippen LogP contribution in [0.25, 0.3) is 0 Å². The van der Waals surface area contributed by atoms with Crippen molar-refractivity contribution in [2.24, 2.45) is 0 Å². The lowest BCUT2D eigenvalue weighted by Crippen LogP contribution is -2.63. The first-order valence-corrected chi connectivity index (χ1v) is 12.4. The van der Waals surface area contributed by atoms with Gasteiger partial charge >= 0.3 is 0 Å². The molecule has 0 spiro atoms. The lowest BCUT2D eigenvalue weighted by atomic mass is 9.77. The first kappa shape index (κ1) is 21.8. The van der Waals surface area contributed by atoms with Gasteiger partial charge in [0.25, 0.3) is 0 Å². The highest BCUT2D eigenvalue weighted by molar-refractivity contribution is 5.86. The molecule has 0 radical (unpaired) electrons. The third-order valence-corrected chi connectivity index (χ3v) is 7.78. The zero-order chi connectivity index (χ0) is 20.8. The van der Waals surface area contributed by atoms with E-state index in [1.807, 2.05) is 12.4 Å².